The number of nitrogens with zero attached hydrogens (tertiary/aromatic N) is 2. The molecule has 0 aromatic heterocycles. The molecule has 2 amide bonds. The highest BCUT2D eigenvalue weighted by atomic mass is 16.4. The molecule has 1 atom stereocenters. The highest BCUT2D eigenvalue weighted by Gasteiger charge is 2.53. The number of carboxylic acid groups (broad SMARTS) is 1. The number of aliphatic imine (C=N–C) groups is 1. The maximum atomic E-state index is 14.7. The van der Waals surface area contributed by atoms with E-state index in [9.17, 15) is 14.4 Å². The first-order valence-corrected chi connectivity index (χ1v) is 17.1. The molecule has 244 valence electrons. The fourth-order valence-corrected chi connectivity index (χ4v) is 7.45. The van der Waals surface area contributed by atoms with E-state index < -0.39 is 11.6 Å². The van der Waals surface area contributed by atoms with E-state index in [1.165, 1.54) is 24.0 Å². The van der Waals surface area contributed by atoms with Gasteiger partial charge in [-0.25, -0.2) is 0 Å². The molecule has 1 aliphatic heterocycles. The van der Waals surface area contributed by atoms with Crippen LogP contribution in [0.5, 0.6) is 0 Å². The van der Waals surface area contributed by atoms with E-state index >= 15 is 0 Å². The van der Waals surface area contributed by atoms with Crippen molar-refractivity contribution in [2.75, 3.05) is 6.54 Å². The molecule has 45 heavy (non-hydrogen) atoms. The average molecular weight is 616 g/mol. The van der Waals surface area contributed by atoms with Crippen LogP contribution in [0.4, 0.5) is 0 Å². The van der Waals surface area contributed by atoms with E-state index in [4.69, 9.17) is 10.1 Å². The van der Waals surface area contributed by atoms with Crippen LogP contribution in [0.15, 0.2) is 52.6 Å². The summed E-state index contributed by atoms with van der Waals surface area (Å²) in [5.74, 6) is 0.0814. The van der Waals surface area contributed by atoms with Gasteiger partial charge in [-0.2, -0.15) is 0 Å². The van der Waals surface area contributed by atoms with Crippen molar-refractivity contribution in [3.8, 4) is 0 Å². The maximum absolute atomic E-state index is 14.7. The van der Waals surface area contributed by atoms with Crippen LogP contribution in [0.25, 0.3) is 0 Å². The summed E-state index contributed by atoms with van der Waals surface area (Å²) in [7, 11) is 0. The first-order chi connectivity index (χ1) is 21.2. The third-order valence-electron chi connectivity index (χ3n) is 10.4. The Morgan fingerprint density at radius 3 is 2.33 bits per heavy atom. The van der Waals surface area contributed by atoms with Gasteiger partial charge in [0.05, 0.1) is 12.5 Å². The predicted octanol–water partition coefficient (Wildman–Crippen LogP) is 7.56. The average Bonchev–Trinajstić information content (AvgIpc) is 3.79. The van der Waals surface area contributed by atoms with Crippen LogP contribution < -0.4 is 5.32 Å². The first kappa shape index (κ1) is 33.2. The summed E-state index contributed by atoms with van der Waals surface area (Å²) in [5.41, 5.74) is 4.44. The Kier molecular flexibility index (Phi) is 9.49. The van der Waals surface area contributed by atoms with Gasteiger partial charge in [0.15, 0.2) is 0 Å². The van der Waals surface area contributed by atoms with E-state index in [1.807, 2.05) is 6.08 Å². The van der Waals surface area contributed by atoms with Gasteiger partial charge in [-0.05, 0) is 104 Å². The highest BCUT2D eigenvalue weighted by molar-refractivity contribution is 6.47. The monoisotopic (exact) mass is 615 g/mol. The van der Waals surface area contributed by atoms with Gasteiger partial charge >= 0.3 is 5.97 Å². The summed E-state index contributed by atoms with van der Waals surface area (Å²) in [6.07, 6.45) is 13.1. The van der Waals surface area contributed by atoms with Gasteiger partial charge in [0.25, 0.3) is 5.91 Å². The largest absolute Gasteiger partial charge is 0.481 e. The SMILES string of the molecule is CC(C)(C)CCC(C1=CC=C(C(=O)NCCC(=O)O)CC1)N1C(=O)C(c2cccc(C3CC3)c2)=NC12CCC(C(C)(C)C)CC2. The third kappa shape index (κ3) is 7.78. The number of hydrogen-bond acceptors (Lipinski definition) is 4. The molecule has 1 unspecified atom stereocenters. The molecule has 7 heteroatoms. The normalized spacial score (nSPS) is 24.7. The zero-order valence-corrected chi connectivity index (χ0v) is 28.2. The Bertz CT molecular complexity index is 1390. The molecular weight excluding hydrogens is 562 g/mol. The molecule has 1 heterocycles. The molecular formula is C38H53N3O4. The van der Waals surface area contributed by atoms with Crippen molar-refractivity contribution in [1.29, 1.82) is 0 Å². The van der Waals surface area contributed by atoms with Crippen molar-refractivity contribution < 1.29 is 19.5 Å². The molecule has 4 aliphatic rings. The Morgan fingerprint density at radius 1 is 1.04 bits per heavy atom. The van der Waals surface area contributed by atoms with Gasteiger partial charge in [0, 0.05) is 17.7 Å². The number of carboxylic acids is 1. The molecule has 0 saturated heterocycles. The van der Waals surface area contributed by atoms with Gasteiger partial charge in [-0.1, -0.05) is 71.9 Å². The number of nitrogens with one attached hydrogen (secondary N) is 1. The van der Waals surface area contributed by atoms with Gasteiger partial charge < -0.3 is 15.3 Å². The molecule has 5 rings (SSSR count). The second kappa shape index (κ2) is 12.9. The lowest BCUT2D eigenvalue weighted by Gasteiger charge is -2.48. The van der Waals surface area contributed by atoms with E-state index in [0.29, 0.717) is 36.0 Å². The molecule has 2 saturated carbocycles. The van der Waals surface area contributed by atoms with Gasteiger partial charge in [-0.15, -0.1) is 0 Å². The number of benzene rings is 1. The van der Waals surface area contributed by atoms with Crippen molar-refractivity contribution in [1.82, 2.24) is 10.2 Å². The quantitative estimate of drug-likeness (QED) is 0.284. The second-order valence-corrected chi connectivity index (χ2v) is 16.1. The summed E-state index contributed by atoms with van der Waals surface area (Å²) in [4.78, 5) is 46.0. The Balaban J connectivity index is 1.49. The van der Waals surface area contributed by atoms with Crippen molar-refractivity contribution in [2.45, 2.75) is 130 Å². The lowest BCUT2D eigenvalue weighted by Crippen LogP contribution is -2.55. The summed E-state index contributed by atoms with van der Waals surface area (Å²) >= 11 is 0. The molecule has 1 aromatic rings. The highest BCUT2D eigenvalue weighted by Crippen LogP contribution is 2.49. The van der Waals surface area contributed by atoms with Gasteiger partial charge in [0.1, 0.15) is 11.4 Å². The number of rotatable bonds is 10. The van der Waals surface area contributed by atoms with E-state index in [2.05, 4.69) is 82.1 Å². The Morgan fingerprint density at radius 2 is 1.76 bits per heavy atom. The first-order valence-electron chi connectivity index (χ1n) is 17.1. The van der Waals surface area contributed by atoms with Crippen molar-refractivity contribution in [3.05, 3.63) is 58.7 Å². The fraction of sp³-hybridized carbons (Fsp3) is 0.632. The van der Waals surface area contributed by atoms with Crippen LogP contribution in [0.3, 0.4) is 0 Å². The zero-order valence-electron chi connectivity index (χ0n) is 28.2. The number of amides is 2. The van der Waals surface area contributed by atoms with Crippen molar-refractivity contribution >= 4 is 23.5 Å². The fourth-order valence-electron chi connectivity index (χ4n) is 7.45. The molecule has 3 aliphatic carbocycles. The molecule has 0 radical (unpaired) electrons. The van der Waals surface area contributed by atoms with E-state index in [0.717, 1.165) is 44.1 Å². The van der Waals surface area contributed by atoms with Crippen molar-refractivity contribution in [3.63, 3.8) is 0 Å². The van der Waals surface area contributed by atoms with E-state index in [1.54, 1.807) is 0 Å². The number of hydrogen-bond donors (Lipinski definition) is 2. The van der Waals surface area contributed by atoms with E-state index in [-0.39, 0.29) is 41.7 Å². The molecule has 1 spiro atoms. The lowest BCUT2D eigenvalue weighted by molar-refractivity contribution is -0.137. The Labute approximate surface area is 269 Å². The van der Waals surface area contributed by atoms with Crippen LogP contribution in [0, 0.1) is 16.7 Å². The minimum absolute atomic E-state index is 0.0400. The van der Waals surface area contributed by atoms with Crippen LogP contribution in [-0.4, -0.2) is 51.8 Å². The summed E-state index contributed by atoms with van der Waals surface area (Å²) < 4.78 is 0. The van der Waals surface area contributed by atoms with Crippen LogP contribution in [0.1, 0.15) is 129 Å². The smallest absolute Gasteiger partial charge is 0.305 e. The minimum atomic E-state index is -0.932. The number of allylic oxidation sites excluding steroid dienone is 2. The summed E-state index contributed by atoms with van der Waals surface area (Å²) in [5, 5.41) is 11.7. The third-order valence-corrected chi connectivity index (χ3v) is 10.4. The number of carbonyl (C=O) groups excluding carboxylic acids is 2. The molecule has 7 nitrogen and oxygen atoms in total. The summed E-state index contributed by atoms with van der Waals surface area (Å²) in [6, 6.07) is 8.42. The summed E-state index contributed by atoms with van der Waals surface area (Å²) in [6.45, 7) is 13.8. The molecule has 2 fully saturated rings. The molecule has 0 bridgehead atoms. The zero-order chi connectivity index (χ0) is 32.6. The van der Waals surface area contributed by atoms with Crippen LogP contribution >= 0.6 is 0 Å². The maximum Gasteiger partial charge on any atom is 0.305 e. The molecule has 1 aromatic carbocycles. The van der Waals surface area contributed by atoms with Crippen molar-refractivity contribution in [2.24, 2.45) is 21.7 Å². The minimum Gasteiger partial charge on any atom is -0.481 e. The van der Waals surface area contributed by atoms with Crippen LogP contribution in [0.2, 0.25) is 0 Å². The van der Waals surface area contributed by atoms with Gasteiger partial charge in [0.2, 0.25) is 5.91 Å². The molecule has 2 N–H and O–H groups in total. The second-order valence-electron chi connectivity index (χ2n) is 16.1. The number of carbonyl (C=O) groups is 3. The predicted molar refractivity (Wildman–Crippen MR) is 179 cm³/mol. The topological polar surface area (TPSA) is 99.1 Å². The lowest BCUT2D eigenvalue weighted by atomic mass is 9.69. The Hall–Kier alpha value is -3.22. The number of aliphatic carboxylic acids is 1. The van der Waals surface area contributed by atoms with Crippen LogP contribution in [-0.2, 0) is 14.4 Å². The standard InChI is InChI=1S/C38H53N3O4/c1-36(2,3)20-18-31(26-12-14-27(15-13-26)34(44)39-23-19-32(42)43)41-35(45)33(29-9-7-8-28(24-29)25-10-11-25)40-38(41)21-16-30(17-22-38)37(4,5)6/h7-9,12,14,24-25,30-31H,10-11,13,15-23H2,1-6H3,(H,39,44)(H,42,43). The van der Waals surface area contributed by atoms with Gasteiger partial charge in [-0.3, -0.25) is 19.4 Å².